The molecule has 2 aromatic carbocycles. The molecule has 0 aliphatic rings. The number of hydrogen-bond donors (Lipinski definition) is 3. The van der Waals surface area contributed by atoms with Crippen LogP contribution in [-0.4, -0.2) is 11.0 Å². The Morgan fingerprint density at radius 3 is 2.79 bits per heavy atom. The number of benzene rings is 2. The molecule has 2 aromatic rings. The van der Waals surface area contributed by atoms with Crippen LogP contribution in [0.25, 0.3) is 0 Å². The van der Waals surface area contributed by atoms with Crippen molar-refractivity contribution in [3.8, 4) is 0 Å². The Morgan fingerprint density at radius 2 is 2.05 bits per heavy atom. The third-order valence-electron chi connectivity index (χ3n) is 2.63. The SMILES string of the molecule is Nc1ccc(Br)cc1C(=O)Nc1cccc(CO)c1. The lowest BCUT2D eigenvalue weighted by Gasteiger charge is -2.09. The van der Waals surface area contributed by atoms with Gasteiger partial charge >= 0.3 is 0 Å². The van der Waals surface area contributed by atoms with Crippen LogP contribution in [-0.2, 0) is 6.61 Å². The first kappa shape index (κ1) is 13.6. The lowest BCUT2D eigenvalue weighted by molar-refractivity contribution is 0.102. The lowest BCUT2D eigenvalue weighted by atomic mass is 10.1. The highest BCUT2D eigenvalue weighted by Gasteiger charge is 2.10. The average Bonchev–Trinajstić information content (AvgIpc) is 2.41. The Bertz CT molecular complexity index is 614. The highest BCUT2D eigenvalue weighted by molar-refractivity contribution is 9.10. The number of nitrogens with two attached hydrogens (primary N) is 1. The van der Waals surface area contributed by atoms with E-state index in [1.54, 1.807) is 42.5 Å². The van der Waals surface area contributed by atoms with E-state index in [1.165, 1.54) is 0 Å². The van der Waals surface area contributed by atoms with Gasteiger partial charge in [-0.05, 0) is 35.9 Å². The van der Waals surface area contributed by atoms with Crippen LogP contribution in [0.5, 0.6) is 0 Å². The van der Waals surface area contributed by atoms with E-state index in [-0.39, 0.29) is 12.5 Å². The molecular weight excluding hydrogens is 308 g/mol. The van der Waals surface area contributed by atoms with Crippen LogP contribution < -0.4 is 11.1 Å². The van der Waals surface area contributed by atoms with Crippen molar-refractivity contribution in [2.75, 3.05) is 11.1 Å². The molecule has 0 unspecified atom stereocenters. The standard InChI is InChI=1S/C14H13BrN2O2/c15-10-4-5-13(16)12(7-10)14(19)17-11-3-1-2-9(6-11)8-18/h1-7,18H,8,16H2,(H,17,19). The second-order valence-corrected chi connectivity index (χ2v) is 4.96. The Labute approximate surface area is 119 Å². The number of halogens is 1. The highest BCUT2D eigenvalue weighted by Crippen LogP contribution is 2.20. The zero-order chi connectivity index (χ0) is 13.8. The molecular formula is C14H13BrN2O2. The Morgan fingerprint density at radius 1 is 1.26 bits per heavy atom. The molecule has 0 bridgehead atoms. The maximum absolute atomic E-state index is 12.1. The third kappa shape index (κ3) is 3.33. The number of carbonyl (C=O) groups is 1. The number of aliphatic hydroxyl groups is 1. The van der Waals surface area contributed by atoms with Crippen molar-refractivity contribution in [1.82, 2.24) is 0 Å². The van der Waals surface area contributed by atoms with E-state index in [0.29, 0.717) is 16.9 Å². The molecule has 0 aliphatic heterocycles. The first-order chi connectivity index (χ1) is 9.10. The van der Waals surface area contributed by atoms with Crippen molar-refractivity contribution in [2.24, 2.45) is 0 Å². The van der Waals surface area contributed by atoms with Crippen LogP contribution in [0.15, 0.2) is 46.9 Å². The van der Waals surface area contributed by atoms with Crippen LogP contribution in [0.4, 0.5) is 11.4 Å². The quantitative estimate of drug-likeness (QED) is 0.761. The minimum atomic E-state index is -0.283. The molecule has 4 N–H and O–H groups in total. The molecule has 0 heterocycles. The van der Waals surface area contributed by atoms with Crippen LogP contribution in [0.1, 0.15) is 15.9 Å². The molecule has 1 amide bonds. The number of nitrogen functional groups attached to an aromatic ring is 1. The van der Waals surface area contributed by atoms with Crippen LogP contribution in [0.2, 0.25) is 0 Å². The summed E-state index contributed by atoms with van der Waals surface area (Å²) in [5.74, 6) is -0.283. The second-order valence-electron chi connectivity index (χ2n) is 4.04. The van der Waals surface area contributed by atoms with E-state index in [9.17, 15) is 4.79 Å². The first-order valence-electron chi connectivity index (χ1n) is 5.66. The molecule has 0 aromatic heterocycles. The maximum Gasteiger partial charge on any atom is 0.257 e. The summed E-state index contributed by atoms with van der Waals surface area (Å²) in [6, 6.07) is 12.1. The summed E-state index contributed by atoms with van der Waals surface area (Å²) in [4.78, 5) is 12.1. The van der Waals surface area contributed by atoms with Crippen molar-refractivity contribution < 1.29 is 9.90 Å². The Kier molecular flexibility index (Phi) is 4.19. The largest absolute Gasteiger partial charge is 0.398 e. The molecule has 0 radical (unpaired) electrons. The number of carbonyl (C=O) groups excluding carboxylic acids is 1. The molecule has 4 nitrogen and oxygen atoms in total. The minimum absolute atomic E-state index is 0.0667. The summed E-state index contributed by atoms with van der Waals surface area (Å²) in [5, 5.41) is 11.8. The predicted molar refractivity (Wildman–Crippen MR) is 78.9 cm³/mol. The lowest BCUT2D eigenvalue weighted by Crippen LogP contribution is -2.14. The molecule has 0 saturated heterocycles. The zero-order valence-corrected chi connectivity index (χ0v) is 11.6. The molecule has 0 aliphatic carbocycles. The number of hydrogen-bond acceptors (Lipinski definition) is 3. The average molecular weight is 321 g/mol. The van der Waals surface area contributed by atoms with E-state index < -0.39 is 0 Å². The third-order valence-corrected chi connectivity index (χ3v) is 3.12. The van der Waals surface area contributed by atoms with Gasteiger partial charge < -0.3 is 16.2 Å². The molecule has 2 rings (SSSR count). The van der Waals surface area contributed by atoms with Crippen LogP contribution in [0, 0.1) is 0 Å². The van der Waals surface area contributed by atoms with Crippen molar-refractivity contribution in [3.05, 3.63) is 58.1 Å². The Hall–Kier alpha value is -1.85. The molecule has 0 saturated carbocycles. The van der Waals surface area contributed by atoms with E-state index >= 15 is 0 Å². The molecule has 98 valence electrons. The number of aliphatic hydroxyl groups excluding tert-OH is 1. The molecule has 0 spiro atoms. The van der Waals surface area contributed by atoms with Gasteiger partial charge in [0.1, 0.15) is 0 Å². The van der Waals surface area contributed by atoms with E-state index in [2.05, 4.69) is 21.2 Å². The number of amides is 1. The fourth-order valence-corrected chi connectivity index (χ4v) is 2.03. The van der Waals surface area contributed by atoms with Gasteiger partial charge in [0.15, 0.2) is 0 Å². The second kappa shape index (κ2) is 5.86. The molecule has 5 heteroatoms. The van der Waals surface area contributed by atoms with Gasteiger partial charge in [-0.15, -0.1) is 0 Å². The van der Waals surface area contributed by atoms with Gasteiger partial charge in [0.2, 0.25) is 0 Å². The summed E-state index contributed by atoms with van der Waals surface area (Å²) in [6.07, 6.45) is 0. The molecule has 19 heavy (non-hydrogen) atoms. The Balaban J connectivity index is 2.23. The van der Waals surface area contributed by atoms with E-state index in [1.807, 2.05) is 0 Å². The summed E-state index contributed by atoms with van der Waals surface area (Å²) in [6.45, 7) is -0.0667. The summed E-state index contributed by atoms with van der Waals surface area (Å²) >= 11 is 3.30. The van der Waals surface area contributed by atoms with Crippen LogP contribution >= 0.6 is 15.9 Å². The topological polar surface area (TPSA) is 75.4 Å². The number of rotatable bonds is 3. The van der Waals surface area contributed by atoms with Crippen LogP contribution in [0.3, 0.4) is 0 Å². The minimum Gasteiger partial charge on any atom is -0.398 e. The first-order valence-corrected chi connectivity index (χ1v) is 6.45. The van der Waals surface area contributed by atoms with Gasteiger partial charge in [-0.1, -0.05) is 28.1 Å². The predicted octanol–water partition coefficient (Wildman–Crippen LogP) is 2.78. The van der Waals surface area contributed by atoms with Gasteiger partial charge in [0, 0.05) is 15.8 Å². The number of anilines is 2. The van der Waals surface area contributed by atoms with Crippen molar-refractivity contribution in [3.63, 3.8) is 0 Å². The fourth-order valence-electron chi connectivity index (χ4n) is 1.67. The highest BCUT2D eigenvalue weighted by atomic mass is 79.9. The summed E-state index contributed by atoms with van der Waals surface area (Å²) in [5.41, 5.74) is 7.96. The van der Waals surface area contributed by atoms with Crippen molar-refractivity contribution in [2.45, 2.75) is 6.61 Å². The summed E-state index contributed by atoms with van der Waals surface area (Å²) in [7, 11) is 0. The maximum atomic E-state index is 12.1. The molecule has 0 atom stereocenters. The van der Waals surface area contributed by atoms with Crippen molar-refractivity contribution in [1.29, 1.82) is 0 Å². The zero-order valence-electron chi connectivity index (χ0n) is 10.1. The summed E-state index contributed by atoms with van der Waals surface area (Å²) < 4.78 is 0.788. The van der Waals surface area contributed by atoms with E-state index in [4.69, 9.17) is 10.8 Å². The number of nitrogens with one attached hydrogen (secondary N) is 1. The monoisotopic (exact) mass is 320 g/mol. The fraction of sp³-hybridized carbons (Fsp3) is 0.0714. The van der Waals surface area contributed by atoms with E-state index in [0.717, 1.165) is 10.0 Å². The van der Waals surface area contributed by atoms with Gasteiger partial charge in [-0.3, -0.25) is 4.79 Å². The smallest absolute Gasteiger partial charge is 0.257 e. The van der Waals surface area contributed by atoms with Gasteiger partial charge in [-0.2, -0.15) is 0 Å². The molecule has 0 fully saturated rings. The van der Waals surface area contributed by atoms with Gasteiger partial charge in [-0.25, -0.2) is 0 Å². The van der Waals surface area contributed by atoms with Gasteiger partial charge in [0.25, 0.3) is 5.91 Å². The normalized spacial score (nSPS) is 10.2. The van der Waals surface area contributed by atoms with Crippen molar-refractivity contribution >= 4 is 33.2 Å². The van der Waals surface area contributed by atoms with Gasteiger partial charge in [0.05, 0.1) is 12.2 Å².